The number of aryl methyl sites for hydroxylation is 1. The van der Waals surface area contributed by atoms with E-state index in [1.807, 2.05) is 6.92 Å². The van der Waals surface area contributed by atoms with Crippen molar-refractivity contribution in [1.82, 2.24) is 4.31 Å². The minimum absolute atomic E-state index is 0.172. The van der Waals surface area contributed by atoms with Crippen molar-refractivity contribution < 1.29 is 17.6 Å². The number of primary amides is 1. The van der Waals surface area contributed by atoms with Gasteiger partial charge in [-0.3, -0.25) is 4.79 Å². The minimum Gasteiger partial charge on any atom is -0.369 e. The molecule has 1 aromatic rings. The van der Waals surface area contributed by atoms with Gasteiger partial charge < -0.3 is 5.73 Å². The summed E-state index contributed by atoms with van der Waals surface area (Å²) in [7, 11) is -3.26. The Morgan fingerprint density at radius 3 is 2.62 bits per heavy atom. The Morgan fingerprint density at radius 2 is 2.04 bits per heavy atom. The monoisotopic (exact) mass is 354 g/mol. The Morgan fingerprint density at radius 1 is 1.33 bits per heavy atom. The van der Waals surface area contributed by atoms with E-state index in [0.29, 0.717) is 25.9 Å². The summed E-state index contributed by atoms with van der Waals surface area (Å²) in [5, 5.41) is -0.254. The molecule has 2 N–H and O–H groups in total. The Balaban J connectivity index is 1.81. The van der Waals surface area contributed by atoms with Gasteiger partial charge in [0.2, 0.25) is 15.9 Å². The lowest BCUT2D eigenvalue weighted by Gasteiger charge is -2.37. The zero-order valence-corrected chi connectivity index (χ0v) is 14.6. The molecule has 1 aliphatic heterocycles. The summed E-state index contributed by atoms with van der Waals surface area (Å²) in [6.45, 7) is 2.48. The van der Waals surface area contributed by atoms with E-state index in [2.05, 4.69) is 0 Å². The first kappa shape index (κ1) is 17.4. The smallest absolute Gasteiger partial charge is 0.220 e. The van der Waals surface area contributed by atoms with Crippen molar-refractivity contribution in [2.75, 3.05) is 13.1 Å². The second kappa shape index (κ2) is 6.44. The van der Waals surface area contributed by atoms with Gasteiger partial charge >= 0.3 is 0 Å². The fourth-order valence-corrected chi connectivity index (χ4v) is 5.47. The zero-order chi connectivity index (χ0) is 17.5. The molecule has 0 bridgehead atoms. The van der Waals surface area contributed by atoms with Gasteiger partial charge in [-0.2, -0.15) is 0 Å². The second-order valence-electron chi connectivity index (χ2n) is 6.93. The lowest BCUT2D eigenvalue weighted by Crippen LogP contribution is -2.48. The number of rotatable bonds is 5. The molecule has 2 fully saturated rings. The molecule has 7 heteroatoms. The Hall–Kier alpha value is -1.47. The van der Waals surface area contributed by atoms with E-state index in [-0.39, 0.29) is 28.8 Å². The Kier molecular flexibility index (Phi) is 4.66. The highest BCUT2D eigenvalue weighted by Gasteiger charge is 2.44. The fourth-order valence-electron chi connectivity index (χ4n) is 3.56. The predicted octanol–water partition coefficient (Wildman–Crippen LogP) is 1.59. The van der Waals surface area contributed by atoms with Gasteiger partial charge in [-0.1, -0.05) is 6.07 Å². The molecule has 1 aliphatic carbocycles. The normalized spacial score (nSPS) is 25.6. The summed E-state index contributed by atoms with van der Waals surface area (Å²) >= 11 is 0. The van der Waals surface area contributed by atoms with Gasteiger partial charge in [0.05, 0.1) is 5.25 Å². The van der Waals surface area contributed by atoms with Gasteiger partial charge in [0.25, 0.3) is 0 Å². The first-order valence-electron chi connectivity index (χ1n) is 8.32. The number of carbonyl (C=O) groups is 1. The molecule has 0 radical (unpaired) electrons. The van der Waals surface area contributed by atoms with Gasteiger partial charge in [0, 0.05) is 19.0 Å². The van der Waals surface area contributed by atoms with Crippen LogP contribution in [0.1, 0.15) is 30.4 Å². The van der Waals surface area contributed by atoms with Crippen molar-refractivity contribution in [1.29, 1.82) is 0 Å². The topological polar surface area (TPSA) is 80.5 Å². The van der Waals surface area contributed by atoms with E-state index in [1.165, 1.54) is 16.4 Å². The minimum atomic E-state index is -3.26. The molecule has 2 unspecified atom stereocenters. The van der Waals surface area contributed by atoms with E-state index in [1.54, 1.807) is 6.07 Å². The van der Waals surface area contributed by atoms with E-state index in [4.69, 9.17) is 5.73 Å². The summed E-state index contributed by atoms with van der Waals surface area (Å²) < 4.78 is 39.8. The third-order valence-corrected chi connectivity index (χ3v) is 7.52. The highest BCUT2D eigenvalue weighted by atomic mass is 32.2. The summed E-state index contributed by atoms with van der Waals surface area (Å²) in [4.78, 5) is 11.8. The summed E-state index contributed by atoms with van der Waals surface area (Å²) in [6, 6.07) is 4.55. The van der Waals surface area contributed by atoms with Crippen LogP contribution in [0.5, 0.6) is 0 Å². The fraction of sp³-hybridized carbons (Fsp3) is 0.588. The number of piperidine rings is 1. The number of hydrogen-bond donors (Lipinski definition) is 1. The number of amides is 1. The number of nitrogens with zero attached hydrogens (tertiary/aromatic N) is 1. The average Bonchev–Trinajstić information content (AvgIpc) is 3.35. The third kappa shape index (κ3) is 3.47. The molecule has 1 saturated heterocycles. The van der Waals surface area contributed by atoms with Crippen LogP contribution in [0.4, 0.5) is 4.39 Å². The Labute approximate surface area is 142 Å². The molecule has 24 heavy (non-hydrogen) atoms. The molecule has 3 rings (SSSR count). The van der Waals surface area contributed by atoms with Crippen molar-refractivity contribution in [3.05, 3.63) is 35.1 Å². The van der Waals surface area contributed by atoms with Gasteiger partial charge in [0.15, 0.2) is 0 Å². The molecule has 132 valence electrons. The number of halogens is 1. The van der Waals surface area contributed by atoms with Crippen LogP contribution in [-0.4, -0.2) is 37.0 Å². The standard InChI is InChI=1S/C17H23FN2O3S/c1-11-8-14(18)3-2-12(11)9-13-10-20(7-6-16(13)17(19)21)24(22,23)15-4-5-15/h2-3,8,13,15-16H,4-7,9-10H2,1H3,(H2,19,21). The largest absolute Gasteiger partial charge is 0.369 e. The van der Waals surface area contributed by atoms with Crippen LogP contribution in [-0.2, 0) is 21.2 Å². The molecular weight excluding hydrogens is 331 g/mol. The highest BCUT2D eigenvalue weighted by Crippen LogP contribution is 2.35. The van der Waals surface area contributed by atoms with Gasteiger partial charge in [-0.25, -0.2) is 17.1 Å². The van der Waals surface area contributed by atoms with Crippen LogP contribution in [0, 0.1) is 24.6 Å². The first-order chi connectivity index (χ1) is 11.3. The third-order valence-electron chi connectivity index (χ3n) is 5.15. The van der Waals surface area contributed by atoms with Crippen LogP contribution in [0.2, 0.25) is 0 Å². The van der Waals surface area contributed by atoms with Crippen molar-refractivity contribution in [3.63, 3.8) is 0 Å². The average molecular weight is 354 g/mol. The van der Waals surface area contributed by atoms with Crippen LogP contribution >= 0.6 is 0 Å². The number of carbonyl (C=O) groups excluding carboxylic acids is 1. The van der Waals surface area contributed by atoms with Crippen LogP contribution in [0.15, 0.2) is 18.2 Å². The van der Waals surface area contributed by atoms with Gasteiger partial charge in [-0.05, 0) is 61.8 Å². The van der Waals surface area contributed by atoms with E-state index in [0.717, 1.165) is 24.0 Å². The molecule has 1 aromatic carbocycles. The maximum absolute atomic E-state index is 13.3. The maximum atomic E-state index is 13.3. The maximum Gasteiger partial charge on any atom is 0.220 e. The number of sulfonamides is 1. The molecular formula is C17H23FN2O3S. The molecule has 0 spiro atoms. The van der Waals surface area contributed by atoms with Crippen LogP contribution < -0.4 is 5.73 Å². The molecule has 1 amide bonds. The number of hydrogen-bond acceptors (Lipinski definition) is 3. The van der Waals surface area contributed by atoms with Crippen LogP contribution in [0.25, 0.3) is 0 Å². The highest BCUT2D eigenvalue weighted by molar-refractivity contribution is 7.90. The zero-order valence-electron chi connectivity index (χ0n) is 13.7. The summed E-state index contributed by atoms with van der Waals surface area (Å²) in [5.74, 6) is -1.21. The molecule has 0 aromatic heterocycles. The number of nitrogens with two attached hydrogens (primary N) is 1. The SMILES string of the molecule is Cc1cc(F)ccc1CC1CN(S(=O)(=O)C2CC2)CCC1C(N)=O. The lowest BCUT2D eigenvalue weighted by atomic mass is 9.81. The van der Waals surface area contributed by atoms with Gasteiger partial charge in [0.1, 0.15) is 5.82 Å². The van der Waals surface area contributed by atoms with Gasteiger partial charge in [-0.15, -0.1) is 0 Å². The second-order valence-corrected chi connectivity index (χ2v) is 9.15. The summed E-state index contributed by atoms with van der Waals surface area (Å²) in [5.41, 5.74) is 7.27. The quantitative estimate of drug-likeness (QED) is 0.872. The molecule has 2 aliphatic rings. The van der Waals surface area contributed by atoms with Crippen molar-refractivity contribution in [2.24, 2.45) is 17.6 Å². The molecule has 2 atom stereocenters. The lowest BCUT2D eigenvalue weighted by molar-refractivity contribution is -0.124. The predicted molar refractivity (Wildman–Crippen MR) is 89.1 cm³/mol. The van der Waals surface area contributed by atoms with E-state index >= 15 is 0 Å². The van der Waals surface area contributed by atoms with Crippen molar-refractivity contribution in [3.8, 4) is 0 Å². The molecule has 5 nitrogen and oxygen atoms in total. The van der Waals surface area contributed by atoms with Crippen LogP contribution in [0.3, 0.4) is 0 Å². The van der Waals surface area contributed by atoms with Crippen molar-refractivity contribution in [2.45, 2.75) is 37.9 Å². The molecule has 1 heterocycles. The molecule has 1 saturated carbocycles. The summed E-state index contributed by atoms with van der Waals surface area (Å²) in [6.07, 6.45) is 2.42. The van der Waals surface area contributed by atoms with Crippen molar-refractivity contribution >= 4 is 15.9 Å². The first-order valence-corrected chi connectivity index (χ1v) is 9.82. The Bertz CT molecular complexity index is 746. The van der Waals surface area contributed by atoms with E-state index in [9.17, 15) is 17.6 Å². The number of benzene rings is 1. The van der Waals surface area contributed by atoms with E-state index < -0.39 is 10.0 Å².